The number of esters is 1. The molecule has 6 heteroatoms. The van der Waals surface area contributed by atoms with Crippen LogP contribution in [0.4, 0.5) is 5.69 Å². The number of ether oxygens (including phenoxy) is 1. The summed E-state index contributed by atoms with van der Waals surface area (Å²) >= 11 is 0. The van der Waals surface area contributed by atoms with Crippen LogP contribution in [0.25, 0.3) is 0 Å². The summed E-state index contributed by atoms with van der Waals surface area (Å²) in [4.78, 5) is 21.8. The number of non-ortho nitro benzene ring substituents is 1. The predicted molar refractivity (Wildman–Crippen MR) is 70.7 cm³/mol. The number of nitrogens with zero attached hydrogens (tertiary/aromatic N) is 1. The van der Waals surface area contributed by atoms with E-state index in [9.17, 15) is 14.9 Å². The Morgan fingerprint density at radius 3 is 2.55 bits per heavy atom. The molecule has 1 aromatic carbocycles. The first-order valence-corrected chi connectivity index (χ1v) is 5.91. The van der Waals surface area contributed by atoms with Gasteiger partial charge in [0.2, 0.25) is 0 Å². The van der Waals surface area contributed by atoms with E-state index in [1.54, 1.807) is 19.1 Å². The van der Waals surface area contributed by atoms with Gasteiger partial charge in [-0.05, 0) is 12.5 Å². The Kier molecular flexibility index (Phi) is 3.84. The van der Waals surface area contributed by atoms with Crippen LogP contribution >= 0.6 is 0 Å². The van der Waals surface area contributed by atoms with Gasteiger partial charge in [0.15, 0.2) is 0 Å². The van der Waals surface area contributed by atoms with Crippen LogP contribution in [0.3, 0.4) is 0 Å². The average Bonchev–Trinajstić information content (AvgIpc) is 2.79. The van der Waals surface area contributed by atoms with E-state index in [1.807, 2.05) is 0 Å². The van der Waals surface area contributed by atoms with E-state index in [2.05, 4.69) is 0 Å². The highest BCUT2D eigenvalue weighted by molar-refractivity contribution is 5.92. The number of furan rings is 1. The summed E-state index contributed by atoms with van der Waals surface area (Å²) < 4.78 is 9.96. The molecule has 0 radical (unpaired) electrons. The van der Waals surface area contributed by atoms with Crippen LogP contribution in [-0.2, 0) is 11.2 Å². The topological polar surface area (TPSA) is 82.6 Å². The molecule has 104 valence electrons. The van der Waals surface area contributed by atoms with Gasteiger partial charge in [0.05, 0.1) is 18.3 Å². The van der Waals surface area contributed by atoms with Crippen LogP contribution in [0.2, 0.25) is 0 Å². The molecular weight excluding hydrogens is 262 g/mol. The molecule has 20 heavy (non-hydrogen) atoms. The van der Waals surface area contributed by atoms with Crippen molar-refractivity contribution in [1.82, 2.24) is 0 Å². The highest BCUT2D eigenvalue weighted by Gasteiger charge is 2.19. The normalized spacial score (nSPS) is 10.3. The Bertz CT molecular complexity index is 642. The van der Waals surface area contributed by atoms with Gasteiger partial charge in [-0.15, -0.1) is 0 Å². The van der Waals surface area contributed by atoms with Gasteiger partial charge in [0.25, 0.3) is 5.69 Å². The summed E-state index contributed by atoms with van der Waals surface area (Å²) in [6, 6.07) is 6.17. The van der Waals surface area contributed by atoms with Crippen LogP contribution in [0.5, 0.6) is 0 Å². The van der Waals surface area contributed by atoms with Crippen molar-refractivity contribution in [2.24, 2.45) is 0 Å². The van der Waals surface area contributed by atoms with Crippen molar-refractivity contribution in [2.45, 2.75) is 13.3 Å². The van der Waals surface area contributed by atoms with Crippen LogP contribution in [0.1, 0.15) is 27.2 Å². The number of rotatable bonds is 4. The van der Waals surface area contributed by atoms with E-state index in [4.69, 9.17) is 9.15 Å². The van der Waals surface area contributed by atoms with Crippen LogP contribution in [0, 0.1) is 17.0 Å². The summed E-state index contributed by atoms with van der Waals surface area (Å²) in [7, 11) is 1.31. The molecular formula is C14H13NO5. The molecule has 0 aliphatic rings. The summed E-state index contributed by atoms with van der Waals surface area (Å²) in [5, 5.41) is 10.6. The number of methoxy groups -OCH3 is 1. The van der Waals surface area contributed by atoms with Crippen molar-refractivity contribution in [3.63, 3.8) is 0 Å². The second-order valence-corrected chi connectivity index (χ2v) is 4.28. The van der Waals surface area contributed by atoms with Crippen molar-refractivity contribution in [2.75, 3.05) is 7.11 Å². The average molecular weight is 275 g/mol. The lowest BCUT2D eigenvalue weighted by atomic mass is 10.0. The Labute approximate surface area is 115 Å². The van der Waals surface area contributed by atoms with E-state index >= 15 is 0 Å². The van der Waals surface area contributed by atoms with Gasteiger partial charge in [0, 0.05) is 24.1 Å². The van der Waals surface area contributed by atoms with Gasteiger partial charge in [0.1, 0.15) is 11.3 Å². The molecule has 6 nitrogen and oxygen atoms in total. The van der Waals surface area contributed by atoms with Gasteiger partial charge >= 0.3 is 5.97 Å². The zero-order valence-electron chi connectivity index (χ0n) is 11.1. The van der Waals surface area contributed by atoms with E-state index < -0.39 is 10.9 Å². The largest absolute Gasteiger partial charge is 0.468 e. The maximum Gasteiger partial charge on any atom is 0.341 e. The maximum atomic E-state index is 11.7. The molecule has 0 atom stereocenters. The fraction of sp³-hybridized carbons (Fsp3) is 0.214. The molecule has 0 saturated carbocycles. The SMILES string of the molecule is COC(=O)c1c(Cc2ccc([N+](=O)[O-])cc2)coc1C. The Morgan fingerprint density at radius 1 is 1.35 bits per heavy atom. The number of benzene rings is 1. The lowest BCUT2D eigenvalue weighted by Crippen LogP contribution is -2.05. The molecule has 1 heterocycles. The number of aryl methyl sites for hydroxylation is 1. The minimum atomic E-state index is -0.453. The number of hydrogen-bond acceptors (Lipinski definition) is 5. The molecule has 0 bridgehead atoms. The fourth-order valence-electron chi connectivity index (χ4n) is 1.97. The van der Waals surface area contributed by atoms with Crippen molar-refractivity contribution >= 4 is 11.7 Å². The smallest absolute Gasteiger partial charge is 0.341 e. The van der Waals surface area contributed by atoms with Crippen molar-refractivity contribution in [3.8, 4) is 0 Å². The lowest BCUT2D eigenvalue weighted by molar-refractivity contribution is -0.384. The standard InChI is InChI=1S/C14H13NO5/c1-9-13(14(16)19-2)11(8-20-9)7-10-3-5-12(6-4-10)15(17)18/h3-6,8H,7H2,1-2H3. The first-order chi connectivity index (χ1) is 9.52. The third-order valence-corrected chi connectivity index (χ3v) is 2.98. The quantitative estimate of drug-likeness (QED) is 0.486. The molecule has 0 saturated heterocycles. The fourth-order valence-corrected chi connectivity index (χ4v) is 1.97. The number of carbonyl (C=O) groups excluding carboxylic acids is 1. The van der Waals surface area contributed by atoms with E-state index in [1.165, 1.54) is 25.5 Å². The number of carbonyl (C=O) groups is 1. The first-order valence-electron chi connectivity index (χ1n) is 5.91. The molecule has 1 aromatic heterocycles. The Hall–Kier alpha value is -2.63. The van der Waals surface area contributed by atoms with Crippen molar-refractivity contribution in [1.29, 1.82) is 0 Å². The summed E-state index contributed by atoms with van der Waals surface area (Å²) in [6.45, 7) is 1.69. The minimum absolute atomic E-state index is 0.0327. The molecule has 0 aliphatic carbocycles. The number of nitro groups is 1. The molecule has 2 rings (SSSR count). The zero-order chi connectivity index (χ0) is 14.7. The predicted octanol–water partition coefficient (Wildman–Crippen LogP) is 2.87. The van der Waals surface area contributed by atoms with Gasteiger partial charge < -0.3 is 9.15 Å². The van der Waals surface area contributed by atoms with Gasteiger partial charge in [-0.1, -0.05) is 12.1 Å². The Balaban J connectivity index is 2.26. The third kappa shape index (κ3) is 2.69. The molecule has 0 aliphatic heterocycles. The number of hydrogen-bond donors (Lipinski definition) is 0. The van der Waals surface area contributed by atoms with E-state index in [-0.39, 0.29) is 5.69 Å². The first kappa shape index (κ1) is 13.8. The van der Waals surface area contributed by atoms with Crippen molar-refractivity contribution in [3.05, 3.63) is 63.1 Å². The Morgan fingerprint density at radius 2 is 2.00 bits per heavy atom. The van der Waals surface area contributed by atoms with E-state index in [0.29, 0.717) is 23.3 Å². The van der Waals surface area contributed by atoms with Gasteiger partial charge in [-0.25, -0.2) is 4.79 Å². The second kappa shape index (κ2) is 5.56. The van der Waals surface area contributed by atoms with Crippen molar-refractivity contribution < 1.29 is 18.9 Å². The van der Waals surface area contributed by atoms with Crippen LogP contribution < -0.4 is 0 Å². The number of nitro benzene ring substituents is 1. The summed E-state index contributed by atoms with van der Waals surface area (Å²) in [5.41, 5.74) is 1.99. The lowest BCUT2D eigenvalue weighted by Gasteiger charge is -2.03. The van der Waals surface area contributed by atoms with Gasteiger partial charge in [-0.3, -0.25) is 10.1 Å². The molecule has 0 fully saturated rings. The molecule has 0 N–H and O–H groups in total. The molecule has 2 aromatic rings. The third-order valence-electron chi connectivity index (χ3n) is 2.98. The maximum absolute atomic E-state index is 11.7. The molecule has 0 spiro atoms. The molecule has 0 unspecified atom stereocenters. The summed E-state index contributed by atoms with van der Waals surface area (Å²) in [6.07, 6.45) is 1.95. The molecule has 0 amide bonds. The monoisotopic (exact) mass is 275 g/mol. The summed E-state index contributed by atoms with van der Waals surface area (Å²) in [5.74, 6) is 0.0434. The zero-order valence-corrected chi connectivity index (χ0v) is 11.1. The van der Waals surface area contributed by atoms with Gasteiger partial charge in [-0.2, -0.15) is 0 Å². The second-order valence-electron chi connectivity index (χ2n) is 4.28. The highest BCUT2D eigenvalue weighted by Crippen LogP contribution is 2.22. The van der Waals surface area contributed by atoms with Crippen LogP contribution in [0.15, 0.2) is 34.9 Å². The minimum Gasteiger partial charge on any atom is -0.468 e. The highest BCUT2D eigenvalue weighted by atomic mass is 16.6. The van der Waals surface area contributed by atoms with Crippen LogP contribution in [-0.4, -0.2) is 18.0 Å². The van der Waals surface area contributed by atoms with E-state index in [0.717, 1.165) is 5.56 Å².